The third-order valence-electron chi connectivity index (χ3n) is 3.65. The predicted molar refractivity (Wildman–Crippen MR) is 101 cm³/mol. The average molecular weight is 396 g/mol. The number of carbonyl (C=O) groups excluding carboxylic acids is 1. The lowest BCUT2D eigenvalue weighted by molar-refractivity contribution is -0.138. The van der Waals surface area contributed by atoms with Crippen LogP contribution in [0.5, 0.6) is 5.75 Å². The Bertz CT molecular complexity index is 760. The van der Waals surface area contributed by atoms with E-state index in [0.29, 0.717) is 28.8 Å². The van der Waals surface area contributed by atoms with E-state index < -0.39 is 5.97 Å². The van der Waals surface area contributed by atoms with E-state index in [0.717, 1.165) is 11.1 Å². The molecule has 0 aromatic heterocycles. The molecule has 0 spiro atoms. The van der Waals surface area contributed by atoms with Gasteiger partial charge in [-0.1, -0.05) is 41.4 Å². The van der Waals surface area contributed by atoms with Crippen LogP contribution in [0.25, 0.3) is 0 Å². The molecule has 0 aliphatic heterocycles. The number of nitrogens with one attached hydrogen (secondary N) is 1. The van der Waals surface area contributed by atoms with Crippen molar-refractivity contribution < 1.29 is 19.4 Å². The van der Waals surface area contributed by atoms with E-state index in [1.165, 1.54) is 0 Å². The zero-order valence-corrected chi connectivity index (χ0v) is 15.5. The zero-order chi connectivity index (χ0) is 18.9. The number of carboxylic acid groups (broad SMARTS) is 1. The van der Waals surface area contributed by atoms with Crippen LogP contribution in [0.1, 0.15) is 24.0 Å². The molecule has 0 atom stereocenters. The average Bonchev–Trinajstić information content (AvgIpc) is 2.60. The molecule has 26 heavy (non-hydrogen) atoms. The zero-order valence-electron chi connectivity index (χ0n) is 14.0. The Morgan fingerprint density at radius 2 is 1.73 bits per heavy atom. The monoisotopic (exact) mass is 395 g/mol. The maximum absolute atomic E-state index is 11.5. The third-order valence-corrected chi connectivity index (χ3v) is 4.35. The van der Waals surface area contributed by atoms with Crippen molar-refractivity contribution >= 4 is 35.1 Å². The summed E-state index contributed by atoms with van der Waals surface area (Å²) in [5.74, 6) is -0.576. The van der Waals surface area contributed by atoms with Gasteiger partial charge in [0, 0.05) is 28.6 Å². The summed E-state index contributed by atoms with van der Waals surface area (Å²) in [7, 11) is 0. The van der Waals surface area contributed by atoms with Crippen LogP contribution in [0.2, 0.25) is 10.0 Å². The summed E-state index contributed by atoms with van der Waals surface area (Å²) in [4.78, 5) is 21.9. The molecule has 0 aliphatic rings. The molecule has 0 aliphatic carbocycles. The van der Waals surface area contributed by atoms with Crippen LogP contribution >= 0.6 is 23.2 Å². The van der Waals surface area contributed by atoms with Gasteiger partial charge >= 0.3 is 5.97 Å². The van der Waals surface area contributed by atoms with Crippen LogP contribution < -0.4 is 10.1 Å². The van der Waals surface area contributed by atoms with E-state index in [1.807, 2.05) is 24.3 Å². The maximum atomic E-state index is 11.5. The van der Waals surface area contributed by atoms with E-state index in [1.54, 1.807) is 18.2 Å². The SMILES string of the molecule is O=C(O)CCC(=O)NCCc1cccc(OCc2c(Cl)cccc2Cl)c1. The second-order valence-electron chi connectivity index (χ2n) is 5.63. The molecular formula is C19H19Cl2NO4. The van der Waals surface area contributed by atoms with E-state index in [4.69, 9.17) is 33.0 Å². The highest BCUT2D eigenvalue weighted by Crippen LogP contribution is 2.26. The van der Waals surface area contributed by atoms with Gasteiger partial charge in [-0.2, -0.15) is 0 Å². The lowest BCUT2D eigenvalue weighted by atomic mass is 10.1. The minimum absolute atomic E-state index is 0.0168. The van der Waals surface area contributed by atoms with E-state index in [2.05, 4.69) is 5.32 Å². The number of ether oxygens (including phenoxy) is 1. The fraction of sp³-hybridized carbons (Fsp3) is 0.263. The quantitative estimate of drug-likeness (QED) is 0.669. The Morgan fingerprint density at radius 3 is 2.42 bits per heavy atom. The van der Waals surface area contributed by atoms with Gasteiger partial charge in [-0.05, 0) is 36.2 Å². The predicted octanol–water partition coefficient (Wildman–Crippen LogP) is 4.10. The smallest absolute Gasteiger partial charge is 0.303 e. The Labute approximate surface area is 161 Å². The van der Waals surface area contributed by atoms with Crippen molar-refractivity contribution in [3.63, 3.8) is 0 Å². The number of carbonyl (C=O) groups is 2. The number of amides is 1. The van der Waals surface area contributed by atoms with Crippen molar-refractivity contribution in [1.82, 2.24) is 5.32 Å². The molecule has 2 N–H and O–H groups in total. The third kappa shape index (κ3) is 6.58. The molecule has 0 fully saturated rings. The molecular weight excluding hydrogens is 377 g/mol. The van der Waals surface area contributed by atoms with Crippen LogP contribution in [-0.4, -0.2) is 23.5 Å². The van der Waals surface area contributed by atoms with E-state index in [9.17, 15) is 9.59 Å². The van der Waals surface area contributed by atoms with Gasteiger partial charge < -0.3 is 15.2 Å². The molecule has 0 saturated heterocycles. The second-order valence-corrected chi connectivity index (χ2v) is 6.44. The van der Waals surface area contributed by atoms with Crippen molar-refractivity contribution in [2.75, 3.05) is 6.54 Å². The lowest BCUT2D eigenvalue weighted by Gasteiger charge is -2.11. The fourth-order valence-corrected chi connectivity index (χ4v) is 2.78. The first-order chi connectivity index (χ1) is 12.5. The van der Waals surface area contributed by atoms with E-state index in [-0.39, 0.29) is 25.4 Å². The Balaban J connectivity index is 1.84. The summed E-state index contributed by atoms with van der Waals surface area (Å²) >= 11 is 12.3. The maximum Gasteiger partial charge on any atom is 0.303 e. The minimum Gasteiger partial charge on any atom is -0.489 e. The molecule has 2 rings (SSSR count). The highest BCUT2D eigenvalue weighted by atomic mass is 35.5. The molecule has 0 heterocycles. The highest BCUT2D eigenvalue weighted by molar-refractivity contribution is 6.35. The standard InChI is InChI=1S/C19H19Cl2NO4/c20-16-5-2-6-17(21)15(16)12-26-14-4-1-3-13(11-14)9-10-22-18(23)7-8-19(24)25/h1-6,11H,7-10,12H2,(H,22,23)(H,24,25). The van der Waals surface area contributed by atoms with Gasteiger partial charge in [0.25, 0.3) is 0 Å². The van der Waals surface area contributed by atoms with Crippen LogP contribution in [0.15, 0.2) is 42.5 Å². The van der Waals surface area contributed by atoms with Crippen molar-refractivity contribution in [2.24, 2.45) is 0 Å². The molecule has 138 valence electrons. The number of halogens is 2. The van der Waals surface area contributed by atoms with Gasteiger partial charge in [-0.15, -0.1) is 0 Å². The molecule has 2 aromatic carbocycles. The van der Waals surface area contributed by atoms with Gasteiger partial charge in [0.05, 0.1) is 6.42 Å². The van der Waals surface area contributed by atoms with Crippen LogP contribution in [0.4, 0.5) is 0 Å². The number of hydrogen-bond donors (Lipinski definition) is 2. The molecule has 0 unspecified atom stereocenters. The summed E-state index contributed by atoms with van der Waals surface area (Å²) in [5, 5.41) is 12.4. The number of hydrogen-bond acceptors (Lipinski definition) is 3. The Kier molecular flexibility index (Phi) is 7.75. The summed E-state index contributed by atoms with van der Waals surface area (Å²) in [6.07, 6.45) is 0.430. The number of rotatable bonds is 9. The van der Waals surface area contributed by atoms with Crippen LogP contribution in [-0.2, 0) is 22.6 Å². The van der Waals surface area contributed by atoms with E-state index >= 15 is 0 Å². The van der Waals surface area contributed by atoms with Crippen molar-refractivity contribution in [3.05, 3.63) is 63.6 Å². The largest absolute Gasteiger partial charge is 0.489 e. The summed E-state index contributed by atoms with van der Waals surface area (Å²) in [5.41, 5.74) is 1.72. The van der Waals surface area contributed by atoms with Gasteiger partial charge in [0.2, 0.25) is 5.91 Å². The van der Waals surface area contributed by atoms with Gasteiger partial charge in [0.15, 0.2) is 0 Å². The molecule has 0 radical (unpaired) electrons. The number of carboxylic acids is 1. The molecule has 5 nitrogen and oxygen atoms in total. The molecule has 1 amide bonds. The summed E-state index contributed by atoms with van der Waals surface area (Å²) in [6.45, 7) is 0.687. The summed E-state index contributed by atoms with van der Waals surface area (Å²) in [6, 6.07) is 12.8. The van der Waals surface area contributed by atoms with Crippen molar-refractivity contribution in [2.45, 2.75) is 25.9 Å². The number of benzene rings is 2. The van der Waals surface area contributed by atoms with Crippen molar-refractivity contribution in [3.8, 4) is 5.75 Å². The van der Waals surface area contributed by atoms with Gasteiger partial charge in [-0.25, -0.2) is 0 Å². The van der Waals surface area contributed by atoms with Crippen molar-refractivity contribution in [1.29, 1.82) is 0 Å². The van der Waals surface area contributed by atoms with Crippen LogP contribution in [0, 0.1) is 0 Å². The normalized spacial score (nSPS) is 10.4. The summed E-state index contributed by atoms with van der Waals surface area (Å²) < 4.78 is 5.77. The molecule has 0 saturated carbocycles. The van der Waals surface area contributed by atoms with Gasteiger partial charge in [-0.3, -0.25) is 9.59 Å². The lowest BCUT2D eigenvalue weighted by Crippen LogP contribution is -2.26. The molecule has 7 heteroatoms. The highest BCUT2D eigenvalue weighted by Gasteiger charge is 2.07. The number of aliphatic carboxylic acids is 1. The molecule has 2 aromatic rings. The first-order valence-electron chi connectivity index (χ1n) is 8.09. The first-order valence-corrected chi connectivity index (χ1v) is 8.84. The topological polar surface area (TPSA) is 75.6 Å². The fourth-order valence-electron chi connectivity index (χ4n) is 2.27. The Hall–Kier alpha value is -2.24. The molecule has 0 bridgehead atoms. The van der Waals surface area contributed by atoms with Crippen LogP contribution in [0.3, 0.4) is 0 Å². The second kappa shape index (κ2) is 10.0. The minimum atomic E-state index is -0.983. The first kappa shape index (κ1) is 20.1. The Morgan fingerprint density at radius 1 is 1.04 bits per heavy atom. The van der Waals surface area contributed by atoms with Gasteiger partial charge in [0.1, 0.15) is 12.4 Å².